The maximum Gasteiger partial charge on any atom is 0.303 e. The molecule has 0 fully saturated rings. The summed E-state index contributed by atoms with van der Waals surface area (Å²) in [6.07, 6.45) is 5.44. The van der Waals surface area contributed by atoms with E-state index in [4.69, 9.17) is 5.11 Å². The van der Waals surface area contributed by atoms with Crippen LogP contribution in [0.4, 0.5) is 0 Å². The number of rotatable bonds is 8. The Morgan fingerprint density at radius 3 is 2.23 bits per heavy atom. The van der Waals surface area contributed by atoms with Gasteiger partial charge in [0, 0.05) is 31.9 Å². The maximum absolute atomic E-state index is 10.6. The van der Waals surface area contributed by atoms with Crippen LogP contribution in [0.3, 0.4) is 0 Å². The maximum atomic E-state index is 10.6. The average Bonchev–Trinajstić information content (AvgIpc) is 2.53. The summed E-state index contributed by atoms with van der Waals surface area (Å²) in [6, 6.07) is 12.3. The first-order chi connectivity index (χ1) is 10.6. The monoisotopic (exact) mass is 298 g/mol. The molecule has 0 aliphatic carbocycles. The van der Waals surface area contributed by atoms with Crippen LogP contribution >= 0.6 is 0 Å². The number of pyridine rings is 1. The van der Waals surface area contributed by atoms with E-state index in [0.29, 0.717) is 6.42 Å². The second-order valence-electron chi connectivity index (χ2n) is 5.55. The van der Waals surface area contributed by atoms with Crippen LogP contribution in [0.2, 0.25) is 0 Å². The van der Waals surface area contributed by atoms with Gasteiger partial charge in [-0.05, 0) is 48.7 Å². The van der Waals surface area contributed by atoms with Crippen LogP contribution in [0.1, 0.15) is 23.1 Å². The molecule has 1 aromatic heterocycles. The molecule has 0 radical (unpaired) electrons. The molecule has 0 bridgehead atoms. The van der Waals surface area contributed by atoms with E-state index in [2.05, 4.69) is 29.1 Å². The number of hydrogen-bond donors (Lipinski definition) is 1. The number of nitrogens with zero attached hydrogens (tertiary/aromatic N) is 2. The molecule has 1 aromatic carbocycles. The number of carboxylic acids is 1. The first-order valence-corrected chi connectivity index (χ1v) is 7.50. The summed E-state index contributed by atoms with van der Waals surface area (Å²) in [5.41, 5.74) is 3.62. The van der Waals surface area contributed by atoms with Crippen LogP contribution in [-0.4, -0.2) is 34.6 Å². The van der Waals surface area contributed by atoms with Gasteiger partial charge in [0.1, 0.15) is 0 Å². The highest BCUT2D eigenvalue weighted by atomic mass is 16.4. The van der Waals surface area contributed by atoms with Crippen LogP contribution in [0.5, 0.6) is 0 Å². The van der Waals surface area contributed by atoms with Gasteiger partial charge in [0.25, 0.3) is 0 Å². The fourth-order valence-electron chi connectivity index (χ4n) is 2.32. The third-order valence-electron chi connectivity index (χ3n) is 3.63. The van der Waals surface area contributed by atoms with Gasteiger partial charge < -0.3 is 10.0 Å². The molecule has 22 heavy (non-hydrogen) atoms. The number of hydrogen-bond acceptors (Lipinski definition) is 3. The van der Waals surface area contributed by atoms with E-state index < -0.39 is 5.97 Å². The Bertz CT molecular complexity index is 582. The fraction of sp³-hybridized carbons (Fsp3) is 0.333. The third kappa shape index (κ3) is 5.66. The fourth-order valence-corrected chi connectivity index (χ4v) is 2.32. The number of carboxylic acid groups (broad SMARTS) is 1. The minimum absolute atomic E-state index is 0.186. The molecule has 0 saturated heterocycles. The summed E-state index contributed by atoms with van der Waals surface area (Å²) in [6.45, 7) is 1.88. The highest BCUT2D eigenvalue weighted by molar-refractivity contribution is 5.67. The normalized spacial score (nSPS) is 10.8. The van der Waals surface area contributed by atoms with Crippen molar-refractivity contribution in [3.63, 3.8) is 0 Å². The number of aromatic nitrogens is 1. The van der Waals surface area contributed by atoms with E-state index in [1.807, 2.05) is 36.7 Å². The largest absolute Gasteiger partial charge is 0.481 e. The highest BCUT2D eigenvalue weighted by Gasteiger charge is 2.03. The van der Waals surface area contributed by atoms with Gasteiger partial charge in [-0.2, -0.15) is 0 Å². The van der Waals surface area contributed by atoms with Crippen molar-refractivity contribution in [2.45, 2.75) is 25.8 Å². The van der Waals surface area contributed by atoms with Crippen molar-refractivity contribution in [3.05, 3.63) is 65.5 Å². The van der Waals surface area contributed by atoms with Gasteiger partial charge in [-0.15, -0.1) is 0 Å². The van der Waals surface area contributed by atoms with Crippen molar-refractivity contribution in [3.8, 4) is 0 Å². The molecule has 4 nitrogen and oxygen atoms in total. The first kappa shape index (κ1) is 16.2. The Kier molecular flexibility index (Phi) is 6.10. The smallest absolute Gasteiger partial charge is 0.303 e. The molecule has 4 heteroatoms. The third-order valence-corrected chi connectivity index (χ3v) is 3.63. The number of likely N-dealkylation sites (N-methyl/N-ethyl adjacent to an activating group) is 1. The molecular weight excluding hydrogens is 276 g/mol. The van der Waals surface area contributed by atoms with Gasteiger partial charge in [-0.25, -0.2) is 0 Å². The van der Waals surface area contributed by atoms with Gasteiger partial charge in [0.2, 0.25) is 0 Å². The average molecular weight is 298 g/mol. The summed E-state index contributed by atoms with van der Waals surface area (Å²) in [7, 11) is 2.11. The number of aliphatic carboxylic acids is 1. The molecule has 116 valence electrons. The molecule has 2 aromatic rings. The predicted octanol–water partition coefficient (Wildman–Crippen LogP) is 2.77. The molecule has 0 atom stereocenters. The minimum atomic E-state index is -0.750. The van der Waals surface area contributed by atoms with E-state index in [0.717, 1.165) is 25.1 Å². The van der Waals surface area contributed by atoms with Crippen molar-refractivity contribution in [2.24, 2.45) is 0 Å². The van der Waals surface area contributed by atoms with Gasteiger partial charge in [-0.1, -0.05) is 24.3 Å². The van der Waals surface area contributed by atoms with Gasteiger partial charge >= 0.3 is 5.97 Å². The zero-order valence-corrected chi connectivity index (χ0v) is 12.9. The lowest BCUT2D eigenvalue weighted by Gasteiger charge is -2.17. The van der Waals surface area contributed by atoms with E-state index in [1.54, 1.807) is 0 Å². The lowest BCUT2D eigenvalue weighted by Crippen LogP contribution is -2.20. The van der Waals surface area contributed by atoms with Crippen molar-refractivity contribution in [1.29, 1.82) is 0 Å². The SMILES string of the molecule is CN(CCc1ccncc1)Cc1ccc(CCC(=O)O)cc1. The van der Waals surface area contributed by atoms with Gasteiger partial charge in [-0.3, -0.25) is 9.78 Å². The van der Waals surface area contributed by atoms with Crippen LogP contribution in [0, 0.1) is 0 Å². The Morgan fingerprint density at radius 1 is 1.00 bits per heavy atom. The van der Waals surface area contributed by atoms with Gasteiger partial charge in [0.05, 0.1) is 0 Å². The lowest BCUT2D eigenvalue weighted by molar-refractivity contribution is -0.136. The molecule has 1 heterocycles. The van der Waals surface area contributed by atoms with Crippen LogP contribution < -0.4 is 0 Å². The standard InChI is InChI=1S/C18H22N2O2/c1-20(13-10-16-8-11-19-12-9-16)14-17-4-2-15(3-5-17)6-7-18(21)22/h2-5,8-9,11-12H,6-7,10,13-14H2,1H3,(H,21,22). The molecule has 2 rings (SSSR count). The molecule has 0 unspecified atom stereocenters. The summed E-state index contributed by atoms with van der Waals surface area (Å²) < 4.78 is 0. The van der Waals surface area contributed by atoms with Crippen molar-refractivity contribution < 1.29 is 9.90 Å². The Labute approximate surface area is 131 Å². The molecule has 0 amide bonds. The summed E-state index contributed by atoms with van der Waals surface area (Å²) in [5.74, 6) is -0.750. The van der Waals surface area contributed by atoms with Crippen molar-refractivity contribution in [2.75, 3.05) is 13.6 Å². The number of benzene rings is 1. The molecule has 0 spiro atoms. The zero-order valence-electron chi connectivity index (χ0n) is 12.9. The molecule has 1 N–H and O–H groups in total. The predicted molar refractivity (Wildman–Crippen MR) is 86.7 cm³/mol. The van der Waals surface area contributed by atoms with Gasteiger partial charge in [0.15, 0.2) is 0 Å². The molecule has 0 aliphatic rings. The van der Waals surface area contributed by atoms with E-state index >= 15 is 0 Å². The van der Waals surface area contributed by atoms with Crippen molar-refractivity contribution in [1.82, 2.24) is 9.88 Å². The summed E-state index contributed by atoms with van der Waals surface area (Å²) in [5, 5.41) is 8.69. The second-order valence-corrected chi connectivity index (χ2v) is 5.55. The number of aryl methyl sites for hydroxylation is 1. The number of carbonyl (C=O) groups is 1. The van der Waals surface area contributed by atoms with Crippen LogP contribution in [0.25, 0.3) is 0 Å². The van der Waals surface area contributed by atoms with E-state index in [9.17, 15) is 4.79 Å². The first-order valence-electron chi connectivity index (χ1n) is 7.50. The van der Waals surface area contributed by atoms with E-state index in [1.165, 1.54) is 11.1 Å². The minimum Gasteiger partial charge on any atom is -0.481 e. The lowest BCUT2D eigenvalue weighted by atomic mass is 10.1. The zero-order chi connectivity index (χ0) is 15.8. The topological polar surface area (TPSA) is 53.4 Å². The Balaban J connectivity index is 1.78. The highest BCUT2D eigenvalue weighted by Crippen LogP contribution is 2.09. The molecule has 0 saturated carbocycles. The Hall–Kier alpha value is -2.20. The van der Waals surface area contributed by atoms with Crippen LogP contribution in [0.15, 0.2) is 48.8 Å². The molecule has 0 aliphatic heterocycles. The molecular formula is C18H22N2O2. The van der Waals surface area contributed by atoms with E-state index in [-0.39, 0.29) is 6.42 Å². The van der Waals surface area contributed by atoms with Crippen molar-refractivity contribution >= 4 is 5.97 Å². The van der Waals surface area contributed by atoms with Crippen LogP contribution in [-0.2, 0) is 24.2 Å². The quantitative estimate of drug-likeness (QED) is 0.814. The Morgan fingerprint density at radius 2 is 1.59 bits per heavy atom. The summed E-state index contributed by atoms with van der Waals surface area (Å²) in [4.78, 5) is 16.9. The second kappa shape index (κ2) is 8.29. The summed E-state index contributed by atoms with van der Waals surface area (Å²) >= 11 is 0.